The highest BCUT2D eigenvalue weighted by atomic mass is 19.1. The van der Waals surface area contributed by atoms with Crippen LogP contribution < -0.4 is 10.6 Å². The van der Waals surface area contributed by atoms with E-state index >= 15 is 0 Å². The smallest absolute Gasteiger partial charge is 0.220 e. The lowest BCUT2D eigenvalue weighted by atomic mass is 10.1. The number of amides is 1. The van der Waals surface area contributed by atoms with Gasteiger partial charge in [-0.25, -0.2) is 8.78 Å². The minimum Gasteiger partial charge on any atom is -0.349 e. The summed E-state index contributed by atoms with van der Waals surface area (Å²) in [6, 6.07) is 2.69. The molecule has 0 aliphatic rings. The van der Waals surface area contributed by atoms with Crippen molar-refractivity contribution in [3.8, 4) is 0 Å². The minimum atomic E-state index is -0.539. The molecule has 100 valence electrons. The van der Waals surface area contributed by atoms with Crippen LogP contribution in [0.15, 0.2) is 18.2 Å². The Kier molecular flexibility index (Phi) is 5.71. The number of carbonyl (C=O) groups is 1. The van der Waals surface area contributed by atoms with E-state index in [4.69, 9.17) is 0 Å². The molecule has 1 aromatic rings. The van der Waals surface area contributed by atoms with Crippen LogP contribution in [0.4, 0.5) is 8.78 Å². The Morgan fingerprint density at radius 2 is 2.11 bits per heavy atom. The second-order valence-corrected chi connectivity index (χ2v) is 4.16. The maximum Gasteiger partial charge on any atom is 0.220 e. The van der Waals surface area contributed by atoms with E-state index in [9.17, 15) is 13.6 Å². The van der Waals surface area contributed by atoms with Crippen molar-refractivity contribution in [1.29, 1.82) is 0 Å². The summed E-state index contributed by atoms with van der Waals surface area (Å²) in [6.07, 6.45) is 1.07. The van der Waals surface area contributed by atoms with E-state index in [0.29, 0.717) is 12.8 Å². The molecule has 0 heterocycles. The van der Waals surface area contributed by atoms with Crippen LogP contribution in [0.25, 0.3) is 0 Å². The number of carbonyl (C=O) groups excluding carboxylic acids is 1. The van der Waals surface area contributed by atoms with Crippen LogP contribution in [0.2, 0.25) is 0 Å². The molecule has 0 aromatic heterocycles. The van der Waals surface area contributed by atoms with Gasteiger partial charge in [0.05, 0.1) is 6.04 Å². The summed E-state index contributed by atoms with van der Waals surface area (Å²) in [5.41, 5.74) is 0.164. The van der Waals surface area contributed by atoms with E-state index in [1.807, 2.05) is 7.05 Å². The van der Waals surface area contributed by atoms with Gasteiger partial charge in [-0.3, -0.25) is 4.79 Å². The highest BCUT2D eigenvalue weighted by molar-refractivity contribution is 5.76. The molecule has 5 heteroatoms. The molecule has 0 saturated heterocycles. The maximum absolute atomic E-state index is 13.4. The van der Waals surface area contributed by atoms with E-state index < -0.39 is 17.7 Å². The van der Waals surface area contributed by atoms with Gasteiger partial charge in [0, 0.05) is 12.0 Å². The molecule has 1 unspecified atom stereocenters. The minimum absolute atomic E-state index is 0.164. The molecule has 3 nitrogen and oxygen atoms in total. The van der Waals surface area contributed by atoms with Crippen molar-refractivity contribution in [2.45, 2.75) is 25.8 Å². The number of nitrogens with one attached hydrogen (secondary N) is 2. The van der Waals surface area contributed by atoms with Gasteiger partial charge in [0.15, 0.2) is 0 Å². The molecular formula is C13H18F2N2O. The van der Waals surface area contributed by atoms with Gasteiger partial charge in [-0.1, -0.05) is 0 Å². The van der Waals surface area contributed by atoms with Crippen LogP contribution in [0.5, 0.6) is 0 Å². The van der Waals surface area contributed by atoms with Crippen LogP contribution >= 0.6 is 0 Å². The predicted molar refractivity (Wildman–Crippen MR) is 66.1 cm³/mol. The van der Waals surface area contributed by atoms with E-state index in [1.165, 1.54) is 0 Å². The fourth-order valence-corrected chi connectivity index (χ4v) is 1.66. The first-order chi connectivity index (χ1) is 8.54. The number of rotatable bonds is 6. The Morgan fingerprint density at radius 3 is 2.78 bits per heavy atom. The number of hydrogen-bond acceptors (Lipinski definition) is 2. The Morgan fingerprint density at radius 1 is 1.39 bits per heavy atom. The molecule has 2 N–H and O–H groups in total. The van der Waals surface area contributed by atoms with Gasteiger partial charge in [-0.05, 0) is 45.1 Å². The van der Waals surface area contributed by atoms with Gasteiger partial charge in [0.2, 0.25) is 5.91 Å². The third-order valence-corrected chi connectivity index (χ3v) is 2.63. The normalized spacial score (nSPS) is 12.2. The number of hydrogen-bond donors (Lipinski definition) is 2. The fourth-order valence-electron chi connectivity index (χ4n) is 1.66. The van der Waals surface area contributed by atoms with E-state index in [-0.39, 0.29) is 11.5 Å². The van der Waals surface area contributed by atoms with E-state index in [1.54, 1.807) is 6.92 Å². The van der Waals surface area contributed by atoms with Crippen LogP contribution in [0.3, 0.4) is 0 Å². The fraction of sp³-hybridized carbons (Fsp3) is 0.462. The number of halogens is 2. The van der Waals surface area contributed by atoms with Crippen LogP contribution in [0, 0.1) is 11.6 Å². The van der Waals surface area contributed by atoms with Crippen molar-refractivity contribution in [2.75, 3.05) is 13.6 Å². The first-order valence-electron chi connectivity index (χ1n) is 5.93. The average Bonchev–Trinajstić information content (AvgIpc) is 2.32. The molecule has 0 aliphatic heterocycles. The van der Waals surface area contributed by atoms with Crippen molar-refractivity contribution in [1.82, 2.24) is 10.6 Å². The van der Waals surface area contributed by atoms with Gasteiger partial charge in [0.25, 0.3) is 0 Å². The molecule has 1 atom stereocenters. The third-order valence-electron chi connectivity index (χ3n) is 2.63. The first kappa shape index (κ1) is 14.6. The Labute approximate surface area is 106 Å². The molecular weight excluding hydrogens is 238 g/mol. The van der Waals surface area contributed by atoms with Crippen molar-refractivity contribution in [2.24, 2.45) is 0 Å². The summed E-state index contributed by atoms with van der Waals surface area (Å²) in [5, 5.41) is 5.58. The van der Waals surface area contributed by atoms with E-state index in [2.05, 4.69) is 10.6 Å². The topological polar surface area (TPSA) is 41.1 Å². The zero-order chi connectivity index (χ0) is 13.5. The summed E-state index contributed by atoms with van der Waals surface area (Å²) in [7, 11) is 1.81. The largest absolute Gasteiger partial charge is 0.349 e. The number of benzene rings is 1. The second kappa shape index (κ2) is 7.06. The molecule has 1 aromatic carbocycles. The monoisotopic (exact) mass is 256 g/mol. The maximum atomic E-state index is 13.4. The third kappa shape index (κ3) is 4.41. The van der Waals surface area contributed by atoms with Crippen molar-refractivity contribution in [3.05, 3.63) is 35.4 Å². The summed E-state index contributed by atoms with van der Waals surface area (Å²) in [4.78, 5) is 11.5. The van der Waals surface area contributed by atoms with Crippen LogP contribution in [0.1, 0.15) is 31.4 Å². The van der Waals surface area contributed by atoms with E-state index in [0.717, 1.165) is 24.7 Å². The van der Waals surface area contributed by atoms with Gasteiger partial charge in [0.1, 0.15) is 11.6 Å². The standard InChI is InChI=1S/C13H18F2N2O/c1-9(17-13(18)4-3-7-16-2)11-8-10(14)5-6-12(11)15/h5-6,8-9,16H,3-4,7H2,1-2H3,(H,17,18). The van der Waals surface area contributed by atoms with Crippen LogP contribution in [-0.4, -0.2) is 19.5 Å². The lowest BCUT2D eigenvalue weighted by molar-refractivity contribution is -0.121. The highest BCUT2D eigenvalue weighted by Crippen LogP contribution is 2.18. The lowest BCUT2D eigenvalue weighted by Crippen LogP contribution is -2.27. The average molecular weight is 256 g/mol. The van der Waals surface area contributed by atoms with Crippen molar-refractivity contribution >= 4 is 5.91 Å². The molecule has 1 rings (SSSR count). The molecule has 0 saturated carbocycles. The zero-order valence-electron chi connectivity index (χ0n) is 10.6. The molecule has 0 radical (unpaired) electrons. The summed E-state index contributed by atoms with van der Waals surface area (Å²) < 4.78 is 26.5. The quantitative estimate of drug-likeness (QED) is 0.766. The highest BCUT2D eigenvalue weighted by Gasteiger charge is 2.14. The predicted octanol–water partition coefficient (Wildman–Crippen LogP) is 2.14. The molecule has 0 fully saturated rings. The lowest BCUT2D eigenvalue weighted by Gasteiger charge is -2.15. The Bertz CT molecular complexity index is 410. The van der Waals surface area contributed by atoms with Gasteiger partial charge in [-0.15, -0.1) is 0 Å². The van der Waals surface area contributed by atoms with Gasteiger partial charge in [-0.2, -0.15) is 0 Å². The first-order valence-corrected chi connectivity index (χ1v) is 5.93. The van der Waals surface area contributed by atoms with Crippen molar-refractivity contribution in [3.63, 3.8) is 0 Å². The molecule has 1 amide bonds. The molecule has 0 spiro atoms. The summed E-state index contributed by atoms with van der Waals surface area (Å²) in [6.45, 7) is 2.38. The van der Waals surface area contributed by atoms with Gasteiger partial charge < -0.3 is 10.6 Å². The van der Waals surface area contributed by atoms with Crippen molar-refractivity contribution < 1.29 is 13.6 Å². The van der Waals surface area contributed by atoms with Gasteiger partial charge >= 0.3 is 0 Å². The summed E-state index contributed by atoms with van der Waals surface area (Å²) >= 11 is 0. The Hall–Kier alpha value is -1.49. The Balaban J connectivity index is 2.56. The molecule has 18 heavy (non-hydrogen) atoms. The second-order valence-electron chi connectivity index (χ2n) is 4.16. The zero-order valence-corrected chi connectivity index (χ0v) is 10.6. The SMILES string of the molecule is CNCCCC(=O)NC(C)c1cc(F)ccc1F. The molecule has 0 aliphatic carbocycles. The summed E-state index contributed by atoms with van der Waals surface area (Å²) in [5.74, 6) is -1.19. The van der Waals surface area contributed by atoms with Crippen LogP contribution in [-0.2, 0) is 4.79 Å². The molecule has 0 bridgehead atoms.